The molecule has 0 aliphatic carbocycles. The number of benzene rings is 1. The van der Waals surface area contributed by atoms with Gasteiger partial charge in [-0.3, -0.25) is 0 Å². The molecule has 0 saturated heterocycles. The Kier molecular flexibility index (Phi) is 10.00. The van der Waals surface area contributed by atoms with Crippen LogP contribution in [0.2, 0.25) is 0 Å². The van der Waals surface area contributed by atoms with E-state index < -0.39 is 27.2 Å². The molecule has 1 atom stereocenters. The summed E-state index contributed by atoms with van der Waals surface area (Å²) in [7, 11) is -10.1. The van der Waals surface area contributed by atoms with Crippen molar-refractivity contribution in [2.45, 2.75) is 13.0 Å². The number of hydrogen-bond donors (Lipinski definition) is 7. The van der Waals surface area contributed by atoms with Gasteiger partial charge < -0.3 is 39.6 Å². The average Bonchev–Trinajstić information content (AvgIpc) is 2.47. The topological polar surface area (TPSA) is 194 Å². The minimum absolute atomic E-state index is 0.325. The highest BCUT2D eigenvalue weighted by Crippen LogP contribution is 2.53. The lowest BCUT2D eigenvalue weighted by atomic mass is 9.85. The maximum atomic E-state index is 9.63. The molecule has 11 nitrogen and oxygen atoms in total. The third kappa shape index (κ3) is 10.0. The van der Waals surface area contributed by atoms with E-state index in [1.165, 1.54) is 0 Å². The molecule has 7 N–H and O–H groups in total. The van der Waals surface area contributed by atoms with Crippen LogP contribution < -0.4 is 4.74 Å². The molecule has 0 saturated carbocycles. The number of phosphoric acid groups is 2. The van der Waals surface area contributed by atoms with E-state index in [0.717, 1.165) is 0 Å². The Bertz CT molecular complexity index is 550. The van der Waals surface area contributed by atoms with Gasteiger partial charge in [-0.1, -0.05) is 18.2 Å². The molecule has 1 unspecified atom stereocenters. The van der Waals surface area contributed by atoms with Gasteiger partial charge in [0.05, 0.1) is 25.2 Å². The lowest BCUT2D eigenvalue weighted by molar-refractivity contribution is -0.0649. The molecule has 0 fully saturated rings. The first kappa shape index (κ1) is 24.2. The van der Waals surface area contributed by atoms with E-state index in [0.29, 0.717) is 5.75 Å². The van der Waals surface area contributed by atoms with Crippen molar-refractivity contribution >= 4 is 15.6 Å². The molecule has 0 bridgehead atoms. The van der Waals surface area contributed by atoms with Crippen molar-refractivity contribution in [2.75, 3.05) is 19.8 Å². The van der Waals surface area contributed by atoms with Crippen molar-refractivity contribution in [1.82, 2.24) is 0 Å². The van der Waals surface area contributed by atoms with Crippen molar-refractivity contribution in [3.63, 3.8) is 0 Å². The van der Waals surface area contributed by atoms with Gasteiger partial charge in [0.15, 0.2) is 0 Å². The monoisotopic (exact) mass is 404 g/mol. The molecule has 0 radical (unpaired) electrons. The molecule has 1 aromatic carbocycles. The minimum atomic E-state index is -5.05. The van der Waals surface area contributed by atoms with Gasteiger partial charge in [-0.05, 0) is 19.1 Å². The van der Waals surface area contributed by atoms with Crippen molar-refractivity contribution < 1.29 is 53.1 Å². The predicted octanol–water partition coefficient (Wildman–Crippen LogP) is -0.394. The second kappa shape index (κ2) is 10.3. The van der Waals surface area contributed by atoms with Crippen LogP contribution in [-0.2, 0) is 13.4 Å². The second-order valence-electron chi connectivity index (χ2n) is 4.97. The Hall–Kier alpha value is -0.840. The smallest absolute Gasteiger partial charge is 0.478 e. The fourth-order valence-electron chi connectivity index (χ4n) is 1.50. The molecule has 13 heteroatoms. The van der Waals surface area contributed by atoms with E-state index in [1.54, 1.807) is 19.1 Å². The largest absolute Gasteiger partial charge is 0.490 e. The molecule has 146 valence electrons. The molecule has 0 aliphatic rings. The number of para-hydroxylation sites is 1. The van der Waals surface area contributed by atoms with E-state index in [-0.39, 0.29) is 19.8 Å². The van der Waals surface area contributed by atoms with Crippen LogP contribution in [-0.4, -0.2) is 60.8 Å². The fraction of sp³-hybridized carbons (Fsp3) is 0.500. The Morgan fingerprint density at radius 3 is 1.60 bits per heavy atom. The molecule has 1 rings (SSSR count). The average molecular weight is 404 g/mol. The molecule has 25 heavy (non-hydrogen) atoms. The van der Waals surface area contributed by atoms with Crippen LogP contribution in [0.15, 0.2) is 30.3 Å². The highest BCUT2D eigenvalue weighted by atomic mass is 31.3. The van der Waals surface area contributed by atoms with Gasteiger partial charge in [0.1, 0.15) is 11.9 Å². The van der Waals surface area contributed by atoms with E-state index in [1.807, 2.05) is 18.2 Å². The minimum Gasteiger partial charge on any atom is -0.490 e. The summed E-state index contributed by atoms with van der Waals surface area (Å²) < 4.78 is 27.8. The van der Waals surface area contributed by atoms with Gasteiger partial charge in [-0.15, -0.1) is 0 Å². The van der Waals surface area contributed by atoms with E-state index >= 15 is 0 Å². The number of ether oxygens (including phenoxy) is 1. The standard InChI is InChI=1S/C12H18O4.H4O7P2/c1-10(12(7-13,8-14)9-15)16-11-5-3-2-4-6-11;1-8(2,3)7-9(4,5)6/h2-6,10,13-15H,7-9H2,1H3;(H2,1,2,3)(H2,4,5,6). The van der Waals surface area contributed by atoms with Crippen molar-refractivity contribution in [1.29, 1.82) is 0 Å². The zero-order valence-electron chi connectivity index (χ0n) is 13.2. The van der Waals surface area contributed by atoms with E-state index in [9.17, 15) is 24.4 Å². The molecule has 0 aliphatic heterocycles. The molecule has 0 heterocycles. The lowest BCUT2D eigenvalue weighted by Crippen LogP contribution is -2.46. The summed E-state index contributed by atoms with van der Waals surface area (Å²) in [4.78, 5) is 31.0. The third-order valence-electron chi connectivity index (χ3n) is 3.08. The lowest BCUT2D eigenvalue weighted by Gasteiger charge is -2.33. The summed E-state index contributed by atoms with van der Waals surface area (Å²) >= 11 is 0. The molecule has 0 aromatic heterocycles. The zero-order valence-corrected chi connectivity index (χ0v) is 15.0. The Labute approximate surface area is 144 Å². The van der Waals surface area contributed by atoms with Gasteiger partial charge in [0.2, 0.25) is 0 Å². The molecular weight excluding hydrogens is 382 g/mol. The predicted molar refractivity (Wildman–Crippen MR) is 85.4 cm³/mol. The summed E-state index contributed by atoms with van der Waals surface area (Å²) in [6.07, 6.45) is -0.477. The Morgan fingerprint density at radius 1 is 0.920 bits per heavy atom. The molecule has 0 amide bonds. The zero-order chi connectivity index (χ0) is 19.7. The second-order valence-corrected chi connectivity index (χ2v) is 7.59. The van der Waals surface area contributed by atoms with Gasteiger partial charge in [-0.2, -0.15) is 4.31 Å². The fourth-order valence-corrected chi connectivity index (χ4v) is 2.61. The molecule has 1 aromatic rings. The van der Waals surface area contributed by atoms with Crippen LogP contribution in [0.5, 0.6) is 5.75 Å². The van der Waals surface area contributed by atoms with Gasteiger partial charge >= 0.3 is 15.6 Å². The van der Waals surface area contributed by atoms with E-state index in [2.05, 4.69) is 4.31 Å². The maximum absolute atomic E-state index is 9.63. The summed E-state index contributed by atoms with van der Waals surface area (Å²) in [6, 6.07) is 9.11. The summed E-state index contributed by atoms with van der Waals surface area (Å²) in [5.41, 5.74) is -1.02. The molecule has 0 spiro atoms. The van der Waals surface area contributed by atoms with Crippen LogP contribution in [0, 0.1) is 5.41 Å². The maximum Gasteiger partial charge on any atom is 0.478 e. The quantitative estimate of drug-likeness (QED) is 0.279. The number of hydrogen-bond acceptors (Lipinski definition) is 7. The number of rotatable bonds is 8. The van der Waals surface area contributed by atoms with Crippen LogP contribution >= 0.6 is 15.6 Å². The van der Waals surface area contributed by atoms with Crippen molar-refractivity contribution in [3.8, 4) is 5.75 Å². The van der Waals surface area contributed by atoms with Crippen LogP contribution in [0.1, 0.15) is 6.92 Å². The summed E-state index contributed by atoms with van der Waals surface area (Å²) in [5.74, 6) is 0.648. The van der Waals surface area contributed by atoms with Crippen LogP contribution in [0.3, 0.4) is 0 Å². The normalized spacial score (nSPS) is 13.6. The SMILES string of the molecule is CC(Oc1ccccc1)C(CO)(CO)CO.O=P(O)(O)OP(=O)(O)O. The first-order valence-electron chi connectivity index (χ1n) is 6.76. The third-order valence-corrected chi connectivity index (χ3v) is 4.78. The molecular formula is C12H22O11P2. The van der Waals surface area contributed by atoms with Crippen molar-refractivity contribution in [3.05, 3.63) is 30.3 Å². The Morgan fingerprint density at radius 2 is 1.32 bits per heavy atom. The number of aliphatic hydroxyl groups excluding tert-OH is 3. The summed E-state index contributed by atoms with van der Waals surface area (Å²) in [6.45, 7) is 0.742. The van der Waals surface area contributed by atoms with Gasteiger partial charge in [0, 0.05) is 0 Å². The van der Waals surface area contributed by atoms with Gasteiger partial charge in [0.25, 0.3) is 0 Å². The van der Waals surface area contributed by atoms with E-state index in [4.69, 9.17) is 24.3 Å². The van der Waals surface area contributed by atoms with Crippen molar-refractivity contribution in [2.24, 2.45) is 5.41 Å². The van der Waals surface area contributed by atoms with Gasteiger partial charge in [-0.25, -0.2) is 9.13 Å². The first-order valence-corrected chi connectivity index (χ1v) is 9.82. The summed E-state index contributed by atoms with van der Waals surface area (Å²) in [5, 5.41) is 27.7. The highest BCUT2D eigenvalue weighted by Gasteiger charge is 2.36. The Balaban J connectivity index is 0.000000547. The number of aliphatic hydroxyl groups is 3. The highest BCUT2D eigenvalue weighted by molar-refractivity contribution is 7.60. The first-order chi connectivity index (χ1) is 11.4. The van der Waals surface area contributed by atoms with Crippen LogP contribution in [0.4, 0.5) is 0 Å². The van der Waals surface area contributed by atoms with Crippen LogP contribution in [0.25, 0.3) is 0 Å².